The van der Waals surface area contributed by atoms with Crippen molar-refractivity contribution in [2.45, 2.75) is 221 Å². The number of unbranched alkanes of at least 4 members (excludes halogenated alkanes) is 6. The first-order valence-corrected chi connectivity index (χ1v) is 39.7. The summed E-state index contributed by atoms with van der Waals surface area (Å²) in [5.74, 6) is -4.24. The summed E-state index contributed by atoms with van der Waals surface area (Å²) in [6.07, 6.45) is 5.23. The summed E-state index contributed by atoms with van der Waals surface area (Å²) in [4.78, 5) is 136. The van der Waals surface area contributed by atoms with Crippen LogP contribution in [0.2, 0.25) is 0 Å². The number of H-pyrrole nitrogens is 1. The van der Waals surface area contributed by atoms with E-state index < -0.39 is 131 Å². The first kappa shape index (κ1) is 85.7. The Bertz CT molecular complexity index is 3690. The summed E-state index contributed by atoms with van der Waals surface area (Å²) in [5.41, 5.74) is 0.0325. The van der Waals surface area contributed by atoms with E-state index in [1.165, 1.54) is 23.3 Å². The summed E-state index contributed by atoms with van der Waals surface area (Å²) >= 11 is 0. The number of fused-ring (bicyclic) bond motifs is 6. The van der Waals surface area contributed by atoms with Crippen molar-refractivity contribution < 1.29 is 107 Å². The molecule has 3 aromatic rings. The Balaban J connectivity index is 0.00000233. The fraction of sp³-hybridized carbons (Fsp3) is 0.671. The number of alkyl carbamates (subject to hydrolysis) is 1. The third kappa shape index (κ3) is 19.3. The van der Waals surface area contributed by atoms with Crippen LogP contribution < -0.4 is 25.6 Å². The number of ketones is 3. The molecular weight excluding hydrogens is 1430 g/mol. The zero-order valence-corrected chi connectivity index (χ0v) is 63.7. The Morgan fingerprint density at radius 2 is 1.51 bits per heavy atom. The number of aliphatic hydroxyl groups is 6. The predicted molar refractivity (Wildman–Crippen MR) is 392 cm³/mol. The van der Waals surface area contributed by atoms with Crippen LogP contribution in [0.3, 0.4) is 0 Å². The highest BCUT2D eigenvalue weighted by atomic mass is 33.1. The first-order valence-electron chi connectivity index (χ1n) is 37.2. The van der Waals surface area contributed by atoms with Gasteiger partial charge in [0.15, 0.2) is 29.6 Å². The maximum atomic E-state index is 15.3. The number of nitrogens with zero attached hydrogens (tertiary/aromatic N) is 3. The molecular formula is C76H107N7O22S2. The van der Waals surface area contributed by atoms with E-state index in [1.807, 2.05) is 43.2 Å². The Labute approximate surface area is 631 Å². The first-order chi connectivity index (χ1) is 51.1. The van der Waals surface area contributed by atoms with Crippen molar-refractivity contribution in [1.29, 1.82) is 0 Å². The van der Waals surface area contributed by atoms with E-state index >= 15 is 4.79 Å². The van der Waals surface area contributed by atoms with Crippen LogP contribution in [0, 0.1) is 17.3 Å². The summed E-state index contributed by atoms with van der Waals surface area (Å²) in [7, 11) is 5.84. The Hall–Kier alpha value is -6.93. The second-order valence-corrected chi connectivity index (χ2v) is 32.4. The van der Waals surface area contributed by atoms with Gasteiger partial charge in [0.2, 0.25) is 11.8 Å². The number of Topliss-reactive ketones (excluding diaryl/α,β-unsaturated/α-hetero) is 3. The second-order valence-electron chi connectivity index (χ2n) is 29.8. The minimum Gasteiger partial charge on any atom is -0.496 e. The summed E-state index contributed by atoms with van der Waals surface area (Å²) in [5, 5.41) is 87.3. The summed E-state index contributed by atoms with van der Waals surface area (Å²) < 4.78 is 23.2. The molecule has 4 unspecified atom stereocenters. The molecule has 16 atom stereocenters. The van der Waals surface area contributed by atoms with Gasteiger partial charge in [-0.3, -0.25) is 33.8 Å². The van der Waals surface area contributed by atoms with Gasteiger partial charge in [-0.2, -0.15) is 19.2 Å². The standard InChI is InChI=1S/C74H107N7O18S2.2CO2/c1-7-71(94)39-46-38-70(4,63-49(25-29-80(41-46)44-71)48-21-15-16-22-52(48)76-63)51-35-50-53(36-56(51)96-6)79(5)67-73(50)27-30-81-28-19-26-72(8-2,66(73)81)68(92)74(67,95)58(86)40-75-69(93)98-32-33-100-101-43-47(65(90)91)34-55(85)64(78-60(88)24-17-14-20-45(3)83)77-59(87)23-13-11-9-10-12-18-31-97-61-37-54(84)62(89)57(42-82)99-61;2*2-1-3/h15-16,19,21-22,26,35-36,46-47,54,57,61-62,64,66-68,76,82,84,89,92,94-95H,7-14,17-18,20,23-25,27-34,37-44H2,1-6H3,(H,75,93)(H,77,87)(H,78,88)(H,90,91);;/t46-,47+,54+,57?,61?,62?,64+,66-,67+,68+,70+,71-,72+,73+,74-;;/m0../s1. The highest BCUT2D eigenvalue weighted by Gasteiger charge is 2.78. The Morgan fingerprint density at radius 1 is 0.841 bits per heavy atom. The average Bonchev–Trinajstić information content (AvgIpc) is 1.51. The molecule has 1 aromatic heterocycles. The van der Waals surface area contributed by atoms with Crippen LogP contribution in [0.15, 0.2) is 48.6 Å². The van der Waals surface area contributed by atoms with Gasteiger partial charge in [0.1, 0.15) is 36.5 Å². The number of carbonyl (C=O) groups is 7. The number of para-hydroxylation sites is 1. The molecule has 4 fully saturated rings. The molecule has 0 radical (unpaired) electrons. The number of methoxy groups -OCH3 is 1. The number of rotatable bonds is 35. The molecule has 107 heavy (non-hydrogen) atoms. The number of anilines is 1. The van der Waals surface area contributed by atoms with E-state index in [2.05, 4.69) is 68.8 Å². The summed E-state index contributed by atoms with van der Waals surface area (Å²) in [6.45, 7) is 10.3. The molecule has 3 amide bonds. The van der Waals surface area contributed by atoms with Crippen molar-refractivity contribution in [3.8, 4) is 5.75 Å². The predicted octanol–water partition coefficient (Wildman–Crippen LogP) is 4.55. The smallest absolute Gasteiger partial charge is 0.407 e. The average molecular weight is 1530 g/mol. The number of aliphatic hydroxyl groups excluding tert-OH is 4. The molecule has 7 heterocycles. The third-order valence-electron chi connectivity index (χ3n) is 23.0. The molecule has 1 spiro atoms. The Kier molecular flexibility index (Phi) is 30.9. The maximum Gasteiger partial charge on any atom is 0.407 e. The molecule has 3 saturated heterocycles. The number of carbonyl (C=O) groups excluding carboxylic acids is 10. The molecule has 1 saturated carbocycles. The van der Waals surface area contributed by atoms with Gasteiger partial charge in [-0.05, 0) is 114 Å². The van der Waals surface area contributed by atoms with E-state index in [0.717, 1.165) is 83.0 Å². The molecule has 11 N–H and O–H groups in total. The number of likely N-dealkylation sites (N-methyl/N-ethyl adjacent to an activating group) is 1. The number of piperidine rings is 1. The number of aromatic nitrogens is 1. The van der Waals surface area contributed by atoms with Gasteiger partial charge in [0.25, 0.3) is 0 Å². The minimum absolute atomic E-state index is 0.0270. The lowest BCUT2D eigenvalue weighted by molar-refractivity contribution is -0.256. The van der Waals surface area contributed by atoms with Gasteiger partial charge >= 0.3 is 24.4 Å². The van der Waals surface area contributed by atoms with Crippen LogP contribution in [0.4, 0.5) is 10.5 Å². The van der Waals surface area contributed by atoms with E-state index in [1.54, 1.807) is 7.11 Å². The van der Waals surface area contributed by atoms with Crippen LogP contribution in [0.25, 0.3) is 10.9 Å². The van der Waals surface area contributed by atoms with Crippen molar-refractivity contribution >= 4 is 91.7 Å². The third-order valence-corrected chi connectivity index (χ3v) is 25.4. The SMILES string of the molecule is CC[C@]1(O)C[C@H]2CN(CCc3c([nH]c4ccccc34)[C@@](C)(c3cc4c(cc3OC)N(C)[C@H]3[C@@](O)(C(=O)CNC(=O)OCCSSC[C@@H](CC(=O)[C@H](NC(=O)CCCCCCCCOC5C[C@@H](O)C(O)C(CO)O5)NC(=O)CCCCC(C)=O)C(=O)O)[C@H](O)[C@]5(CC)C=CCN6CC[C@]43[C@@H]65)C2)C1.O=C=O.O=C=O. The molecule has 10 rings (SSSR count). The molecule has 1 aliphatic carbocycles. The number of carboxylic acid groups (broad SMARTS) is 1. The molecule has 2 aromatic carbocycles. The van der Waals surface area contributed by atoms with Crippen molar-refractivity contribution in [3.63, 3.8) is 0 Å². The number of carboxylic acids is 1. The van der Waals surface area contributed by atoms with Crippen LogP contribution >= 0.6 is 21.6 Å². The maximum absolute atomic E-state index is 15.3. The van der Waals surface area contributed by atoms with Crippen molar-refractivity contribution in [2.24, 2.45) is 17.3 Å². The van der Waals surface area contributed by atoms with Crippen molar-refractivity contribution in [2.75, 3.05) is 89.7 Å². The number of aromatic amines is 1. The van der Waals surface area contributed by atoms with E-state index in [-0.39, 0.29) is 73.8 Å². The van der Waals surface area contributed by atoms with Gasteiger partial charge in [0, 0.05) is 140 Å². The normalized spacial score (nSPS) is 29.3. The van der Waals surface area contributed by atoms with Crippen LogP contribution in [0.1, 0.15) is 166 Å². The molecule has 31 heteroatoms. The highest BCUT2D eigenvalue weighted by molar-refractivity contribution is 8.76. The molecule has 7 aliphatic rings. The largest absolute Gasteiger partial charge is 0.496 e. The second kappa shape index (κ2) is 38.6. The van der Waals surface area contributed by atoms with Crippen molar-refractivity contribution in [1.82, 2.24) is 30.7 Å². The number of benzene rings is 2. The number of hydrogen-bond donors (Lipinski definition) is 11. The molecule has 2 bridgehead atoms. The van der Waals surface area contributed by atoms with E-state index in [0.29, 0.717) is 96.2 Å². The van der Waals surface area contributed by atoms with E-state index in [4.69, 9.17) is 38.1 Å². The lowest BCUT2D eigenvalue weighted by Gasteiger charge is -2.63. The van der Waals surface area contributed by atoms with Crippen LogP contribution in [0.5, 0.6) is 5.75 Å². The lowest BCUT2D eigenvalue weighted by Crippen LogP contribution is -2.81. The van der Waals surface area contributed by atoms with Gasteiger partial charge in [-0.15, -0.1) is 0 Å². The van der Waals surface area contributed by atoms with Gasteiger partial charge in [-0.25, -0.2) is 4.79 Å². The monoisotopic (exact) mass is 1530 g/mol. The number of hydrogen-bond acceptors (Lipinski definition) is 26. The number of amides is 3. The fourth-order valence-electron chi connectivity index (χ4n) is 18.1. The highest BCUT2D eigenvalue weighted by Crippen LogP contribution is 2.68. The minimum atomic E-state index is -2.44. The fourth-order valence-corrected chi connectivity index (χ4v) is 20.2. The molecule has 29 nitrogen and oxygen atoms in total. The quantitative estimate of drug-likeness (QED) is 0.0166. The van der Waals surface area contributed by atoms with Crippen LogP contribution in [-0.4, -0.2) is 249 Å². The summed E-state index contributed by atoms with van der Waals surface area (Å²) in [6, 6.07) is 11.4. The lowest BCUT2D eigenvalue weighted by atomic mass is 9.47. The molecule has 590 valence electrons. The molecule has 6 aliphatic heterocycles. The Morgan fingerprint density at radius 3 is 2.18 bits per heavy atom. The zero-order valence-electron chi connectivity index (χ0n) is 62.0. The van der Waals surface area contributed by atoms with Gasteiger partial charge in [-0.1, -0.05) is 91.5 Å². The number of ether oxygens (including phenoxy) is 4. The van der Waals surface area contributed by atoms with Gasteiger partial charge < -0.3 is 85.3 Å². The number of nitrogens with one attached hydrogen (secondary N) is 4. The van der Waals surface area contributed by atoms with Gasteiger partial charge in [0.05, 0.1) is 43.9 Å². The number of aliphatic carboxylic acids is 1. The topological polar surface area (TPSA) is 428 Å². The van der Waals surface area contributed by atoms with Crippen LogP contribution in [-0.2, 0) is 79.4 Å². The zero-order chi connectivity index (χ0) is 78.0. The van der Waals surface area contributed by atoms with Crippen molar-refractivity contribution in [3.05, 3.63) is 70.9 Å². The van der Waals surface area contributed by atoms with E-state index in [9.17, 15) is 64.5 Å².